The standard InChI is InChI=1S/C24H25ClN2O3S/c1-4-19-7-10-21(11-8-19)26-24(28)16-27(23-14-9-20(25)15-18(23)3)31(29,30)22-12-5-17(2)6-13-22/h5-15H,4,16H2,1-3H3,(H,26,28). The van der Waals surface area contributed by atoms with E-state index < -0.39 is 15.9 Å². The van der Waals surface area contributed by atoms with E-state index in [1.807, 2.05) is 31.2 Å². The lowest BCUT2D eigenvalue weighted by molar-refractivity contribution is -0.114. The Kier molecular flexibility index (Phi) is 7.03. The van der Waals surface area contributed by atoms with E-state index in [9.17, 15) is 13.2 Å². The highest BCUT2D eigenvalue weighted by molar-refractivity contribution is 7.92. The van der Waals surface area contributed by atoms with Gasteiger partial charge in [-0.1, -0.05) is 48.4 Å². The summed E-state index contributed by atoms with van der Waals surface area (Å²) in [7, 11) is -3.97. The van der Waals surface area contributed by atoms with Crippen LogP contribution in [-0.4, -0.2) is 20.9 Å². The van der Waals surface area contributed by atoms with E-state index in [1.165, 1.54) is 0 Å². The van der Waals surface area contributed by atoms with E-state index >= 15 is 0 Å². The number of hydrogen-bond acceptors (Lipinski definition) is 3. The molecular formula is C24H25ClN2O3S. The Labute approximate surface area is 188 Å². The third kappa shape index (κ3) is 5.46. The minimum Gasteiger partial charge on any atom is -0.325 e. The summed E-state index contributed by atoms with van der Waals surface area (Å²) in [6.45, 7) is 5.33. The number of carbonyl (C=O) groups is 1. The fourth-order valence-electron chi connectivity index (χ4n) is 3.19. The second kappa shape index (κ2) is 9.54. The van der Waals surface area contributed by atoms with Crippen molar-refractivity contribution in [1.82, 2.24) is 0 Å². The Balaban J connectivity index is 1.95. The Morgan fingerprint density at radius 1 is 0.968 bits per heavy atom. The molecular weight excluding hydrogens is 432 g/mol. The van der Waals surface area contributed by atoms with Crippen molar-refractivity contribution >= 4 is 38.9 Å². The molecule has 31 heavy (non-hydrogen) atoms. The number of halogens is 1. The Morgan fingerprint density at radius 3 is 2.19 bits per heavy atom. The molecule has 0 aromatic heterocycles. The fraction of sp³-hybridized carbons (Fsp3) is 0.208. The topological polar surface area (TPSA) is 66.5 Å². The number of aryl methyl sites for hydroxylation is 3. The van der Waals surface area contributed by atoms with Crippen LogP contribution < -0.4 is 9.62 Å². The molecule has 3 aromatic carbocycles. The molecule has 0 bridgehead atoms. The van der Waals surface area contributed by atoms with Crippen LogP contribution in [0.25, 0.3) is 0 Å². The molecule has 1 amide bonds. The maximum atomic E-state index is 13.5. The molecule has 0 saturated carbocycles. The predicted octanol–water partition coefficient (Wildman–Crippen LogP) is 5.35. The van der Waals surface area contributed by atoms with Gasteiger partial charge in [0.2, 0.25) is 5.91 Å². The van der Waals surface area contributed by atoms with Gasteiger partial charge in [-0.25, -0.2) is 8.42 Å². The van der Waals surface area contributed by atoms with Crippen LogP contribution in [0.4, 0.5) is 11.4 Å². The molecule has 162 valence electrons. The van der Waals surface area contributed by atoms with Gasteiger partial charge in [0.1, 0.15) is 6.54 Å². The van der Waals surface area contributed by atoms with Crippen LogP contribution in [0, 0.1) is 13.8 Å². The largest absolute Gasteiger partial charge is 0.325 e. The molecule has 0 spiro atoms. The minimum absolute atomic E-state index is 0.118. The number of carbonyl (C=O) groups excluding carboxylic acids is 1. The summed E-state index contributed by atoms with van der Waals surface area (Å²) in [6.07, 6.45) is 0.895. The second-order valence-electron chi connectivity index (χ2n) is 7.35. The first-order valence-electron chi connectivity index (χ1n) is 9.95. The lowest BCUT2D eigenvalue weighted by Crippen LogP contribution is -2.38. The summed E-state index contributed by atoms with van der Waals surface area (Å²) < 4.78 is 28.1. The second-order valence-corrected chi connectivity index (χ2v) is 9.65. The Morgan fingerprint density at radius 2 is 1.61 bits per heavy atom. The predicted molar refractivity (Wildman–Crippen MR) is 126 cm³/mol. The first-order chi connectivity index (χ1) is 14.7. The van der Waals surface area contributed by atoms with Crippen molar-refractivity contribution in [3.8, 4) is 0 Å². The number of hydrogen-bond donors (Lipinski definition) is 1. The van der Waals surface area contributed by atoms with Crippen LogP contribution in [-0.2, 0) is 21.2 Å². The number of anilines is 2. The quantitative estimate of drug-likeness (QED) is 0.520. The molecule has 0 fully saturated rings. The highest BCUT2D eigenvalue weighted by Crippen LogP contribution is 2.29. The summed E-state index contributed by atoms with van der Waals surface area (Å²) in [5.41, 5.74) is 3.77. The molecule has 0 atom stereocenters. The van der Waals surface area contributed by atoms with Gasteiger partial charge in [0, 0.05) is 10.7 Å². The number of amides is 1. The van der Waals surface area contributed by atoms with Crippen molar-refractivity contribution in [3.05, 3.63) is 88.4 Å². The van der Waals surface area contributed by atoms with Gasteiger partial charge in [0.05, 0.1) is 10.6 Å². The molecule has 3 rings (SSSR count). The van der Waals surface area contributed by atoms with E-state index in [4.69, 9.17) is 11.6 Å². The van der Waals surface area contributed by atoms with Crippen LogP contribution in [0.1, 0.15) is 23.6 Å². The average molecular weight is 457 g/mol. The highest BCUT2D eigenvalue weighted by Gasteiger charge is 2.28. The molecule has 0 heterocycles. The molecule has 0 radical (unpaired) electrons. The zero-order valence-corrected chi connectivity index (χ0v) is 19.3. The molecule has 1 N–H and O–H groups in total. The summed E-state index contributed by atoms with van der Waals surface area (Å²) >= 11 is 6.06. The lowest BCUT2D eigenvalue weighted by atomic mass is 10.1. The SMILES string of the molecule is CCc1ccc(NC(=O)CN(c2ccc(Cl)cc2C)S(=O)(=O)c2ccc(C)cc2)cc1. The smallest absolute Gasteiger partial charge is 0.264 e. The fourth-order valence-corrected chi connectivity index (χ4v) is 4.90. The first kappa shape index (κ1) is 22.8. The van der Waals surface area contributed by atoms with Crippen LogP contribution in [0.5, 0.6) is 0 Å². The molecule has 0 aliphatic rings. The van der Waals surface area contributed by atoms with Crippen molar-refractivity contribution < 1.29 is 13.2 Å². The average Bonchev–Trinajstić information content (AvgIpc) is 2.73. The summed E-state index contributed by atoms with van der Waals surface area (Å²) in [5, 5.41) is 3.28. The van der Waals surface area contributed by atoms with Gasteiger partial charge in [0.15, 0.2) is 0 Å². The number of nitrogens with one attached hydrogen (secondary N) is 1. The number of benzene rings is 3. The van der Waals surface area contributed by atoms with Gasteiger partial charge < -0.3 is 5.32 Å². The Bertz CT molecular complexity index is 1170. The van der Waals surface area contributed by atoms with E-state index in [-0.39, 0.29) is 11.4 Å². The van der Waals surface area contributed by atoms with Gasteiger partial charge >= 0.3 is 0 Å². The van der Waals surface area contributed by atoms with E-state index in [0.717, 1.165) is 21.9 Å². The van der Waals surface area contributed by atoms with Crippen LogP contribution in [0.15, 0.2) is 71.6 Å². The van der Waals surface area contributed by atoms with E-state index in [1.54, 1.807) is 49.4 Å². The lowest BCUT2D eigenvalue weighted by Gasteiger charge is -2.26. The van der Waals surface area contributed by atoms with E-state index in [0.29, 0.717) is 22.0 Å². The summed E-state index contributed by atoms with van der Waals surface area (Å²) in [6, 6.07) is 18.9. The maximum Gasteiger partial charge on any atom is 0.264 e. The zero-order valence-electron chi connectivity index (χ0n) is 17.7. The number of rotatable bonds is 7. The molecule has 0 saturated heterocycles. The van der Waals surface area contributed by atoms with Crippen molar-refractivity contribution in [1.29, 1.82) is 0 Å². The molecule has 3 aromatic rings. The van der Waals surface area contributed by atoms with Crippen molar-refractivity contribution in [2.75, 3.05) is 16.2 Å². The molecule has 7 heteroatoms. The third-order valence-corrected chi connectivity index (χ3v) is 6.98. The number of sulfonamides is 1. The van der Waals surface area contributed by atoms with Gasteiger partial charge in [-0.2, -0.15) is 0 Å². The van der Waals surface area contributed by atoms with E-state index in [2.05, 4.69) is 12.2 Å². The first-order valence-corrected chi connectivity index (χ1v) is 11.8. The summed E-state index contributed by atoms with van der Waals surface area (Å²) in [5.74, 6) is -0.436. The van der Waals surface area contributed by atoms with Crippen LogP contribution in [0.2, 0.25) is 5.02 Å². The van der Waals surface area contributed by atoms with Crippen molar-refractivity contribution in [2.24, 2.45) is 0 Å². The maximum absolute atomic E-state index is 13.5. The Hall–Kier alpha value is -2.83. The summed E-state index contributed by atoms with van der Waals surface area (Å²) in [4.78, 5) is 12.9. The van der Waals surface area contributed by atoms with Crippen molar-refractivity contribution in [2.45, 2.75) is 32.1 Å². The molecule has 0 aliphatic carbocycles. The minimum atomic E-state index is -3.97. The van der Waals surface area contributed by atoms with Gasteiger partial charge in [0.25, 0.3) is 10.0 Å². The monoisotopic (exact) mass is 456 g/mol. The molecule has 0 aliphatic heterocycles. The molecule has 5 nitrogen and oxygen atoms in total. The van der Waals surface area contributed by atoms with Gasteiger partial charge in [-0.05, 0) is 73.9 Å². The number of nitrogens with zero attached hydrogens (tertiary/aromatic N) is 1. The van der Waals surface area contributed by atoms with Crippen LogP contribution >= 0.6 is 11.6 Å². The van der Waals surface area contributed by atoms with Crippen molar-refractivity contribution in [3.63, 3.8) is 0 Å². The van der Waals surface area contributed by atoms with Crippen LogP contribution in [0.3, 0.4) is 0 Å². The third-order valence-electron chi connectivity index (χ3n) is 4.97. The highest BCUT2D eigenvalue weighted by atomic mass is 35.5. The normalized spacial score (nSPS) is 11.2. The van der Waals surface area contributed by atoms with Gasteiger partial charge in [-0.15, -0.1) is 0 Å². The molecule has 0 unspecified atom stereocenters. The van der Waals surface area contributed by atoms with Gasteiger partial charge in [-0.3, -0.25) is 9.10 Å². The zero-order chi connectivity index (χ0) is 22.6.